The molecule has 5 heteroatoms. The molecule has 68 valence electrons. The Bertz CT molecular complexity index is 192. The third-order valence-electron chi connectivity index (χ3n) is 1.43. The van der Waals surface area contributed by atoms with E-state index >= 15 is 0 Å². The first-order chi connectivity index (χ1) is 5.72. The Morgan fingerprint density at radius 1 is 1.33 bits per heavy atom. The van der Waals surface area contributed by atoms with Gasteiger partial charge in [-0.1, -0.05) is 15.9 Å². The van der Waals surface area contributed by atoms with Crippen molar-refractivity contribution in [3.8, 4) is 0 Å². The lowest BCUT2D eigenvalue weighted by Crippen LogP contribution is -2.29. The molecule has 0 N–H and O–H groups in total. The zero-order valence-corrected chi connectivity index (χ0v) is 8.00. The maximum atomic E-state index is 10.9. The third-order valence-corrected chi connectivity index (χ3v) is 2.16. The molecule has 0 aromatic rings. The van der Waals surface area contributed by atoms with E-state index in [1.807, 2.05) is 0 Å². The fraction of sp³-hybridized carbons (Fsp3) is 0.714. The second kappa shape index (κ2) is 4.45. The van der Waals surface area contributed by atoms with Crippen molar-refractivity contribution in [1.29, 1.82) is 0 Å². The SMILES string of the molecule is O=C1CCC(=O)O[C@H](CBr)CO1. The zero-order chi connectivity index (χ0) is 8.97. The van der Waals surface area contributed by atoms with Crippen LogP contribution in [-0.4, -0.2) is 30.0 Å². The lowest BCUT2D eigenvalue weighted by atomic mass is 10.3. The summed E-state index contributed by atoms with van der Waals surface area (Å²) in [7, 11) is 0. The number of ether oxygens (including phenoxy) is 2. The van der Waals surface area contributed by atoms with Crippen molar-refractivity contribution in [2.75, 3.05) is 11.9 Å². The van der Waals surface area contributed by atoms with E-state index in [1.165, 1.54) is 0 Å². The molecule has 0 saturated carbocycles. The van der Waals surface area contributed by atoms with E-state index in [0.717, 1.165) is 0 Å². The Labute approximate surface area is 78.3 Å². The molecule has 0 aromatic carbocycles. The van der Waals surface area contributed by atoms with Crippen LogP contribution in [0.5, 0.6) is 0 Å². The molecule has 0 unspecified atom stereocenters. The van der Waals surface area contributed by atoms with Crippen molar-refractivity contribution in [3.63, 3.8) is 0 Å². The van der Waals surface area contributed by atoms with Gasteiger partial charge in [-0.2, -0.15) is 0 Å². The molecule has 1 fully saturated rings. The molecule has 0 radical (unpaired) electrons. The van der Waals surface area contributed by atoms with Gasteiger partial charge < -0.3 is 9.47 Å². The maximum Gasteiger partial charge on any atom is 0.306 e. The molecule has 1 aliphatic heterocycles. The predicted octanol–water partition coefficient (Wildman–Crippen LogP) is 0.630. The summed E-state index contributed by atoms with van der Waals surface area (Å²) in [5.74, 6) is -0.672. The van der Waals surface area contributed by atoms with Gasteiger partial charge in [0.1, 0.15) is 12.7 Å². The Kier molecular flexibility index (Phi) is 3.52. The largest absolute Gasteiger partial charge is 0.462 e. The summed E-state index contributed by atoms with van der Waals surface area (Å²) in [5.41, 5.74) is 0. The minimum absolute atomic E-state index is 0.113. The van der Waals surface area contributed by atoms with Crippen molar-refractivity contribution < 1.29 is 19.1 Å². The van der Waals surface area contributed by atoms with Gasteiger partial charge in [0.2, 0.25) is 0 Å². The zero-order valence-electron chi connectivity index (χ0n) is 6.42. The highest BCUT2D eigenvalue weighted by Gasteiger charge is 2.20. The number of carbonyl (C=O) groups is 2. The normalized spacial score (nSPS) is 25.2. The Balaban J connectivity index is 2.48. The smallest absolute Gasteiger partial charge is 0.306 e. The number of carbonyl (C=O) groups excluding carboxylic acids is 2. The van der Waals surface area contributed by atoms with Crippen LogP contribution in [0.1, 0.15) is 12.8 Å². The van der Waals surface area contributed by atoms with Gasteiger partial charge in [-0.05, 0) is 0 Å². The Hall–Kier alpha value is -0.580. The highest BCUT2D eigenvalue weighted by Crippen LogP contribution is 2.07. The first kappa shape index (κ1) is 9.51. The molecule has 0 amide bonds. The summed E-state index contributed by atoms with van der Waals surface area (Å²) in [6.45, 7) is 0.149. The number of hydrogen-bond acceptors (Lipinski definition) is 4. The average molecular weight is 237 g/mol. The van der Waals surface area contributed by atoms with Gasteiger partial charge >= 0.3 is 11.9 Å². The molecule has 0 spiro atoms. The number of hydrogen-bond donors (Lipinski definition) is 0. The van der Waals surface area contributed by atoms with Crippen LogP contribution in [0.4, 0.5) is 0 Å². The molecule has 1 heterocycles. The number of rotatable bonds is 1. The van der Waals surface area contributed by atoms with E-state index in [0.29, 0.717) is 5.33 Å². The molecule has 1 atom stereocenters. The molecule has 0 aliphatic carbocycles. The van der Waals surface area contributed by atoms with Gasteiger partial charge in [0.25, 0.3) is 0 Å². The third kappa shape index (κ3) is 2.81. The Morgan fingerprint density at radius 2 is 2.00 bits per heavy atom. The molecule has 1 rings (SSSR count). The summed E-state index contributed by atoms with van der Waals surface area (Å²) in [4.78, 5) is 21.7. The minimum atomic E-state index is -0.346. The average Bonchev–Trinajstić information content (AvgIpc) is 2.06. The fourth-order valence-corrected chi connectivity index (χ4v) is 1.14. The van der Waals surface area contributed by atoms with Gasteiger partial charge in [0.15, 0.2) is 0 Å². The fourth-order valence-electron chi connectivity index (χ4n) is 0.817. The molecule has 12 heavy (non-hydrogen) atoms. The van der Waals surface area contributed by atoms with Crippen molar-refractivity contribution in [2.45, 2.75) is 18.9 Å². The van der Waals surface area contributed by atoms with Gasteiger partial charge in [0.05, 0.1) is 12.8 Å². The Morgan fingerprint density at radius 3 is 2.67 bits per heavy atom. The van der Waals surface area contributed by atoms with Crippen LogP contribution >= 0.6 is 15.9 Å². The van der Waals surface area contributed by atoms with Crippen LogP contribution in [0, 0.1) is 0 Å². The van der Waals surface area contributed by atoms with Gasteiger partial charge in [-0.25, -0.2) is 0 Å². The van der Waals surface area contributed by atoms with E-state index in [9.17, 15) is 9.59 Å². The van der Waals surface area contributed by atoms with Crippen LogP contribution in [0.2, 0.25) is 0 Å². The van der Waals surface area contributed by atoms with Crippen LogP contribution in [-0.2, 0) is 19.1 Å². The van der Waals surface area contributed by atoms with E-state index < -0.39 is 0 Å². The lowest BCUT2D eigenvalue weighted by molar-refractivity contribution is -0.163. The molecule has 1 aliphatic rings. The number of esters is 2. The number of cyclic esters (lactones) is 2. The second-order valence-corrected chi connectivity index (χ2v) is 3.10. The van der Waals surface area contributed by atoms with Gasteiger partial charge in [-0.3, -0.25) is 9.59 Å². The van der Waals surface area contributed by atoms with Gasteiger partial charge in [0, 0.05) is 5.33 Å². The number of alkyl halides is 1. The van der Waals surface area contributed by atoms with Crippen LogP contribution in [0.25, 0.3) is 0 Å². The number of halogens is 1. The summed E-state index contributed by atoms with van der Waals surface area (Å²) in [6.07, 6.45) is -0.113. The highest BCUT2D eigenvalue weighted by molar-refractivity contribution is 9.09. The van der Waals surface area contributed by atoms with Crippen LogP contribution in [0.15, 0.2) is 0 Å². The van der Waals surface area contributed by atoms with E-state index in [4.69, 9.17) is 9.47 Å². The van der Waals surface area contributed by atoms with Crippen molar-refractivity contribution in [3.05, 3.63) is 0 Å². The monoisotopic (exact) mass is 236 g/mol. The van der Waals surface area contributed by atoms with Gasteiger partial charge in [-0.15, -0.1) is 0 Å². The molecule has 1 saturated heterocycles. The topological polar surface area (TPSA) is 52.6 Å². The van der Waals surface area contributed by atoms with E-state index in [-0.39, 0.29) is 37.5 Å². The first-order valence-electron chi connectivity index (χ1n) is 3.63. The first-order valence-corrected chi connectivity index (χ1v) is 4.75. The molecular formula is C7H9BrO4. The highest BCUT2D eigenvalue weighted by atomic mass is 79.9. The predicted molar refractivity (Wildman–Crippen MR) is 43.9 cm³/mol. The summed E-state index contributed by atoms with van der Waals surface area (Å²) in [6, 6.07) is 0. The molecular weight excluding hydrogens is 228 g/mol. The lowest BCUT2D eigenvalue weighted by Gasteiger charge is -2.18. The second-order valence-electron chi connectivity index (χ2n) is 2.45. The standard InChI is InChI=1S/C7H9BrO4/c8-3-5-4-11-6(9)1-2-7(10)12-5/h5H,1-4H2/t5-/m1/s1. The quantitative estimate of drug-likeness (QED) is 0.495. The summed E-state index contributed by atoms with van der Waals surface area (Å²) in [5, 5.41) is 0.492. The molecule has 0 aromatic heterocycles. The van der Waals surface area contributed by atoms with E-state index in [2.05, 4.69) is 15.9 Å². The van der Waals surface area contributed by atoms with Crippen molar-refractivity contribution in [1.82, 2.24) is 0 Å². The van der Waals surface area contributed by atoms with Crippen molar-refractivity contribution >= 4 is 27.9 Å². The van der Waals surface area contributed by atoms with E-state index in [1.54, 1.807) is 0 Å². The summed E-state index contributed by atoms with van der Waals surface area (Å²) < 4.78 is 9.71. The van der Waals surface area contributed by atoms with Crippen molar-refractivity contribution in [2.24, 2.45) is 0 Å². The summed E-state index contributed by atoms with van der Waals surface area (Å²) >= 11 is 3.15. The van der Waals surface area contributed by atoms with Crippen LogP contribution < -0.4 is 0 Å². The molecule has 4 nitrogen and oxygen atoms in total. The van der Waals surface area contributed by atoms with Crippen LogP contribution in [0.3, 0.4) is 0 Å². The molecule has 0 bridgehead atoms. The maximum absolute atomic E-state index is 10.9. The minimum Gasteiger partial charge on any atom is -0.462 e.